The van der Waals surface area contributed by atoms with Crippen LogP contribution in [-0.2, 0) is 24.4 Å². The summed E-state index contributed by atoms with van der Waals surface area (Å²) in [5.74, 6) is -3.07. The van der Waals surface area contributed by atoms with Gasteiger partial charge in [-0.2, -0.15) is 0 Å². The number of rotatable bonds is 5. The van der Waals surface area contributed by atoms with E-state index < -0.39 is 52.9 Å². The minimum absolute atomic E-state index is 0.0635. The van der Waals surface area contributed by atoms with E-state index in [-0.39, 0.29) is 77.9 Å². The molecule has 1 aliphatic rings. The molecule has 0 radical (unpaired) electrons. The molecule has 0 saturated heterocycles. The van der Waals surface area contributed by atoms with Crippen molar-refractivity contribution in [2.75, 3.05) is 14.2 Å². The summed E-state index contributed by atoms with van der Waals surface area (Å²) in [6.07, 6.45) is -0.231. The lowest BCUT2D eigenvalue weighted by Gasteiger charge is -2.31. The molecule has 1 aliphatic carbocycles. The number of carbonyl (C=O) groups excluding carboxylic acids is 1. The predicted molar refractivity (Wildman–Crippen MR) is 147 cm³/mol. The van der Waals surface area contributed by atoms with Gasteiger partial charge in [-0.25, -0.2) is 0 Å². The molecule has 0 bridgehead atoms. The normalized spacial score (nSPS) is 18.8. The second-order valence-electron chi connectivity index (χ2n) is 10.6. The molecular formula is C30H26O10. The van der Waals surface area contributed by atoms with E-state index in [1.54, 1.807) is 0 Å². The number of fused-ring (bicyclic) bond motifs is 1. The van der Waals surface area contributed by atoms with Crippen molar-refractivity contribution in [2.45, 2.75) is 45.0 Å². The Labute approximate surface area is 225 Å². The van der Waals surface area contributed by atoms with Gasteiger partial charge < -0.3 is 35.0 Å². The monoisotopic (exact) mass is 546 g/mol. The summed E-state index contributed by atoms with van der Waals surface area (Å²) in [6, 6.07) is 2.40. The molecule has 0 amide bonds. The fraction of sp³-hybridized carbons (Fsp3) is 0.300. The molecule has 0 fully saturated rings. The van der Waals surface area contributed by atoms with E-state index in [0.717, 1.165) is 0 Å². The standard InChI is InChI=1S/C30H26O10/c1-10(33)25-24-23-18-13(7-30(25,2)38)28(39-3)26(36)19-14(34)5-11(8-31)16(21(18)19)17-12(9-32)6-15(35)20(22(17)23)27(37)29(24)40-4/h5-6,25,31-32,35-36,38H,7-9H2,1-4H3. The highest BCUT2D eigenvalue weighted by molar-refractivity contribution is 6.37. The third kappa shape index (κ3) is 2.95. The Morgan fingerprint density at radius 2 is 1.45 bits per heavy atom. The molecule has 0 aromatic heterocycles. The number of benzene rings is 5. The van der Waals surface area contributed by atoms with Crippen molar-refractivity contribution in [1.29, 1.82) is 0 Å². The lowest BCUT2D eigenvalue weighted by atomic mass is 9.76. The molecule has 10 nitrogen and oxygen atoms in total. The summed E-state index contributed by atoms with van der Waals surface area (Å²) in [5, 5.41) is 56.3. The maximum Gasteiger partial charge on any atom is 0.232 e. The number of phenols is 2. The summed E-state index contributed by atoms with van der Waals surface area (Å²) in [5.41, 5.74) is -2.50. The van der Waals surface area contributed by atoms with E-state index in [1.165, 1.54) is 40.2 Å². The number of hydrogen-bond acceptors (Lipinski definition) is 10. The molecule has 10 heteroatoms. The van der Waals surface area contributed by atoms with Gasteiger partial charge in [0.15, 0.2) is 22.7 Å². The molecule has 2 unspecified atom stereocenters. The number of aromatic hydroxyl groups is 2. The fourth-order valence-electron chi connectivity index (χ4n) is 7.04. The molecule has 6 rings (SSSR count). The lowest BCUT2D eigenvalue weighted by molar-refractivity contribution is -0.124. The zero-order chi connectivity index (χ0) is 29.0. The molecule has 5 aromatic rings. The van der Waals surface area contributed by atoms with Gasteiger partial charge in [-0.1, -0.05) is 0 Å². The quantitative estimate of drug-likeness (QED) is 0.163. The molecule has 0 heterocycles. The molecular weight excluding hydrogens is 520 g/mol. The van der Waals surface area contributed by atoms with Crippen LogP contribution in [0.25, 0.3) is 43.1 Å². The van der Waals surface area contributed by atoms with Crippen molar-refractivity contribution < 1.29 is 39.8 Å². The van der Waals surface area contributed by atoms with Gasteiger partial charge in [0, 0.05) is 28.3 Å². The zero-order valence-corrected chi connectivity index (χ0v) is 22.1. The number of ketones is 1. The number of hydrogen-bond donors (Lipinski definition) is 5. The maximum absolute atomic E-state index is 14.0. The van der Waals surface area contributed by atoms with Crippen molar-refractivity contribution in [3.05, 3.63) is 54.8 Å². The molecule has 0 spiro atoms. The van der Waals surface area contributed by atoms with Crippen LogP contribution >= 0.6 is 0 Å². The van der Waals surface area contributed by atoms with Crippen molar-refractivity contribution in [3.63, 3.8) is 0 Å². The second-order valence-corrected chi connectivity index (χ2v) is 10.6. The van der Waals surface area contributed by atoms with Crippen molar-refractivity contribution in [2.24, 2.45) is 0 Å². The highest BCUT2D eigenvalue weighted by Gasteiger charge is 2.46. The smallest absolute Gasteiger partial charge is 0.232 e. The largest absolute Gasteiger partial charge is 0.507 e. The van der Waals surface area contributed by atoms with Gasteiger partial charge in [0.2, 0.25) is 5.43 Å². The van der Waals surface area contributed by atoms with Gasteiger partial charge in [-0.3, -0.25) is 14.4 Å². The first kappa shape index (κ1) is 26.0. The van der Waals surface area contributed by atoms with E-state index in [4.69, 9.17) is 9.47 Å². The van der Waals surface area contributed by atoms with Crippen molar-refractivity contribution in [1.82, 2.24) is 0 Å². The number of phenolic OH excluding ortho intramolecular Hbond substituents is 2. The highest BCUT2D eigenvalue weighted by Crippen LogP contribution is 2.56. The predicted octanol–water partition coefficient (Wildman–Crippen LogP) is 2.29. The Hall–Kier alpha value is -4.25. The summed E-state index contributed by atoms with van der Waals surface area (Å²) in [6.45, 7) is 1.53. The molecule has 40 heavy (non-hydrogen) atoms. The minimum atomic E-state index is -1.83. The molecule has 0 saturated carbocycles. The summed E-state index contributed by atoms with van der Waals surface area (Å²) in [4.78, 5) is 40.7. The SMILES string of the molecule is COc1c(O)c2c(=O)cc(CO)c3c4c(CO)cc(O)c5c(=O)c(OC)c6c(c(c1CC(C)(O)C6C(C)=O)c23)c54. The number of Topliss-reactive ketones (excluding diaryl/α,β-unsaturated/α-hetero) is 1. The van der Waals surface area contributed by atoms with Crippen LogP contribution in [0.5, 0.6) is 23.0 Å². The minimum Gasteiger partial charge on any atom is -0.507 e. The van der Waals surface area contributed by atoms with Crippen LogP contribution < -0.4 is 20.3 Å². The Balaban J connectivity index is 2.20. The molecule has 5 N–H and O–H groups in total. The van der Waals surface area contributed by atoms with E-state index in [2.05, 4.69) is 0 Å². The van der Waals surface area contributed by atoms with E-state index in [9.17, 15) is 39.9 Å². The van der Waals surface area contributed by atoms with Crippen LogP contribution in [0, 0.1) is 0 Å². The third-order valence-electron chi connectivity index (χ3n) is 8.34. The van der Waals surface area contributed by atoms with Crippen LogP contribution in [0.2, 0.25) is 0 Å². The molecule has 2 atom stereocenters. The van der Waals surface area contributed by atoms with Gasteiger partial charge >= 0.3 is 0 Å². The van der Waals surface area contributed by atoms with E-state index >= 15 is 0 Å². The van der Waals surface area contributed by atoms with Gasteiger partial charge in [0.25, 0.3) is 0 Å². The van der Waals surface area contributed by atoms with Crippen LogP contribution in [-0.4, -0.2) is 51.1 Å². The van der Waals surface area contributed by atoms with Crippen LogP contribution in [0.4, 0.5) is 0 Å². The first-order chi connectivity index (χ1) is 18.9. The zero-order valence-electron chi connectivity index (χ0n) is 22.1. The molecule has 206 valence electrons. The van der Waals surface area contributed by atoms with Crippen molar-refractivity contribution >= 4 is 48.9 Å². The maximum atomic E-state index is 14.0. The van der Waals surface area contributed by atoms with Crippen LogP contribution in [0.3, 0.4) is 0 Å². The second kappa shape index (κ2) is 8.37. The molecule has 5 aromatic carbocycles. The molecule has 0 aliphatic heterocycles. The first-order valence-corrected chi connectivity index (χ1v) is 12.6. The Morgan fingerprint density at radius 1 is 0.875 bits per heavy atom. The fourth-order valence-corrected chi connectivity index (χ4v) is 7.04. The number of aliphatic hydroxyl groups is 3. The lowest BCUT2D eigenvalue weighted by Crippen LogP contribution is -2.39. The summed E-state index contributed by atoms with van der Waals surface area (Å²) < 4.78 is 11.1. The Bertz CT molecular complexity index is 2040. The average Bonchev–Trinajstić information content (AvgIpc) is 2.99. The van der Waals surface area contributed by atoms with Crippen LogP contribution in [0.15, 0.2) is 21.7 Å². The third-order valence-corrected chi connectivity index (χ3v) is 8.34. The van der Waals surface area contributed by atoms with Gasteiger partial charge in [0.05, 0.1) is 49.7 Å². The Morgan fingerprint density at radius 3 is 2.00 bits per heavy atom. The van der Waals surface area contributed by atoms with E-state index in [1.807, 2.05) is 0 Å². The van der Waals surface area contributed by atoms with Gasteiger partial charge in [-0.05, 0) is 58.7 Å². The number of methoxy groups -OCH3 is 2. The highest BCUT2D eigenvalue weighted by atomic mass is 16.5. The number of carbonyl (C=O) groups is 1. The van der Waals surface area contributed by atoms with E-state index in [0.29, 0.717) is 5.39 Å². The number of aliphatic hydroxyl groups excluding tert-OH is 2. The summed E-state index contributed by atoms with van der Waals surface area (Å²) >= 11 is 0. The first-order valence-electron chi connectivity index (χ1n) is 12.6. The van der Waals surface area contributed by atoms with Gasteiger partial charge in [0.1, 0.15) is 11.5 Å². The van der Waals surface area contributed by atoms with Gasteiger partial charge in [-0.15, -0.1) is 0 Å². The average molecular weight is 547 g/mol. The van der Waals surface area contributed by atoms with Crippen LogP contribution in [0.1, 0.15) is 42.0 Å². The Kier molecular flexibility index (Phi) is 5.44. The summed E-state index contributed by atoms with van der Waals surface area (Å²) in [7, 11) is 2.54. The number of ether oxygens (including phenoxy) is 2. The van der Waals surface area contributed by atoms with Crippen molar-refractivity contribution in [3.8, 4) is 23.0 Å². The topological polar surface area (TPSA) is 171 Å².